The van der Waals surface area contributed by atoms with E-state index in [1.807, 2.05) is 0 Å². The van der Waals surface area contributed by atoms with Gasteiger partial charge >= 0.3 is 0 Å². The van der Waals surface area contributed by atoms with Crippen LogP contribution in [0.5, 0.6) is 0 Å². The summed E-state index contributed by atoms with van der Waals surface area (Å²) in [4.78, 5) is 14.9. The molecule has 3 aromatic rings. The smallest absolute Gasteiger partial charge is 0.286 e. The van der Waals surface area contributed by atoms with E-state index in [9.17, 15) is 17.6 Å². The fraction of sp³-hybridized carbons (Fsp3) is 0.0714. The van der Waals surface area contributed by atoms with E-state index in [1.165, 1.54) is 42.2 Å². The lowest BCUT2D eigenvalue weighted by Gasteiger charge is -2.09. The van der Waals surface area contributed by atoms with Gasteiger partial charge < -0.3 is 0 Å². The Bertz CT molecular complexity index is 991. The summed E-state index contributed by atoms with van der Waals surface area (Å²) < 4.78 is 41.5. The molecule has 0 unspecified atom stereocenters. The second kappa shape index (κ2) is 5.43. The highest BCUT2D eigenvalue weighted by Gasteiger charge is 2.26. The van der Waals surface area contributed by atoms with Gasteiger partial charge in [-0.25, -0.2) is 13.3 Å². The molecule has 0 spiro atoms. The molecule has 0 radical (unpaired) electrons. The van der Waals surface area contributed by atoms with Crippen molar-refractivity contribution < 1.29 is 17.6 Å². The van der Waals surface area contributed by atoms with E-state index in [0.717, 1.165) is 10.2 Å². The van der Waals surface area contributed by atoms with Crippen molar-refractivity contribution in [2.45, 2.75) is 5.03 Å². The summed E-state index contributed by atoms with van der Waals surface area (Å²) in [5.41, 5.74) is -0.139. The molecule has 3 rings (SSSR count). The fourth-order valence-electron chi connectivity index (χ4n) is 2.16. The highest BCUT2D eigenvalue weighted by atomic mass is 32.2. The van der Waals surface area contributed by atoms with Crippen LogP contribution >= 0.6 is 0 Å². The van der Waals surface area contributed by atoms with Gasteiger partial charge in [0.2, 0.25) is 0 Å². The average molecular weight is 334 g/mol. The third-order valence-corrected chi connectivity index (χ3v) is 4.95. The second-order valence-corrected chi connectivity index (χ2v) is 6.44. The number of imidazole rings is 1. The van der Waals surface area contributed by atoms with Crippen molar-refractivity contribution >= 4 is 16.3 Å². The Kier molecular flexibility index (Phi) is 3.57. The maximum absolute atomic E-state index is 14.0. The predicted octanol–water partition coefficient (Wildman–Crippen LogP) is 1.47. The molecule has 23 heavy (non-hydrogen) atoms. The molecule has 2 aromatic heterocycles. The number of carbonyl (C=O) groups excluding carboxylic acids is 1. The number of rotatable bonds is 4. The number of nitrogens with zero attached hydrogens (tertiary/aromatic N) is 4. The quantitative estimate of drug-likeness (QED) is 0.674. The van der Waals surface area contributed by atoms with Gasteiger partial charge in [0.15, 0.2) is 17.1 Å². The van der Waals surface area contributed by atoms with Crippen molar-refractivity contribution in [3.8, 4) is 11.4 Å². The van der Waals surface area contributed by atoms with E-state index in [2.05, 4.69) is 10.1 Å². The Hall–Kier alpha value is -2.81. The summed E-state index contributed by atoms with van der Waals surface area (Å²) in [5.74, 6) is -0.816. The van der Waals surface area contributed by atoms with Crippen LogP contribution in [0.2, 0.25) is 0 Å². The van der Waals surface area contributed by atoms with Gasteiger partial charge in [-0.1, -0.05) is 12.1 Å². The van der Waals surface area contributed by atoms with Crippen molar-refractivity contribution in [3.63, 3.8) is 0 Å². The molecule has 1 aromatic carbocycles. The van der Waals surface area contributed by atoms with Crippen LogP contribution in [0.1, 0.15) is 10.5 Å². The third-order valence-electron chi connectivity index (χ3n) is 3.23. The third kappa shape index (κ3) is 2.44. The minimum Gasteiger partial charge on any atom is -0.296 e. The van der Waals surface area contributed by atoms with E-state index in [-0.39, 0.29) is 22.1 Å². The van der Waals surface area contributed by atoms with Crippen molar-refractivity contribution in [1.29, 1.82) is 0 Å². The number of aldehydes is 1. The maximum Gasteiger partial charge on any atom is 0.286 e. The van der Waals surface area contributed by atoms with Crippen molar-refractivity contribution in [2.75, 3.05) is 0 Å². The first-order valence-corrected chi connectivity index (χ1v) is 7.92. The van der Waals surface area contributed by atoms with Crippen LogP contribution in [-0.2, 0) is 17.1 Å². The van der Waals surface area contributed by atoms with Gasteiger partial charge in [0.25, 0.3) is 10.0 Å². The van der Waals surface area contributed by atoms with Gasteiger partial charge in [-0.05, 0) is 18.2 Å². The van der Waals surface area contributed by atoms with Crippen LogP contribution in [0.3, 0.4) is 0 Å². The van der Waals surface area contributed by atoms with E-state index < -0.39 is 15.8 Å². The summed E-state index contributed by atoms with van der Waals surface area (Å²) in [6, 6.07) is 6.91. The molecule has 118 valence electrons. The maximum atomic E-state index is 14.0. The Morgan fingerprint density at radius 2 is 1.96 bits per heavy atom. The van der Waals surface area contributed by atoms with Crippen LogP contribution in [0, 0.1) is 5.82 Å². The molecular weight excluding hydrogens is 323 g/mol. The van der Waals surface area contributed by atoms with E-state index in [0.29, 0.717) is 6.29 Å². The molecule has 0 saturated carbocycles. The number of hydrogen-bond donors (Lipinski definition) is 0. The minimum absolute atomic E-state index is 0.0219. The van der Waals surface area contributed by atoms with Gasteiger partial charge in [-0.2, -0.15) is 13.5 Å². The van der Waals surface area contributed by atoms with Crippen LogP contribution < -0.4 is 0 Å². The average Bonchev–Trinajstić information content (AvgIpc) is 3.14. The van der Waals surface area contributed by atoms with Crippen molar-refractivity contribution in [1.82, 2.24) is 18.7 Å². The Balaban J connectivity index is 2.29. The first-order chi connectivity index (χ1) is 10.9. The lowest BCUT2D eigenvalue weighted by molar-refractivity contribution is 0.111. The van der Waals surface area contributed by atoms with Gasteiger partial charge in [-0.3, -0.25) is 9.48 Å². The molecular formula is C14H11FN4O3S. The van der Waals surface area contributed by atoms with Crippen LogP contribution in [0.15, 0.2) is 47.8 Å². The van der Waals surface area contributed by atoms with Gasteiger partial charge in [0, 0.05) is 7.05 Å². The summed E-state index contributed by atoms with van der Waals surface area (Å²) in [6.45, 7) is 0. The Labute approximate surface area is 131 Å². The summed E-state index contributed by atoms with van der Waals surface area (Å²) >= 11 is 0. The van der Waals surface area contributed by atoms with Crippen molar-refractivity contribution in [3.05, 3.63) is 54.2 Å². The number of halogens is 1. The molecule has 7 nitrogen and oxygen atoms in total. The lowest BCUT2D eigenvalue weighted by atomic mass is 10.2. The molecule has 0 saturated heterocycles. The largest absolute Gasteiger partial charge is 0.296 e. The first kappa shape index (κ1) is 15.1. The van der Waals surface area contributed by atoms with Gasteiger partial charge in [0.05, 0.1) is 18.0 Å². The molecule has 9 heteroatoms. The first-order valence-electron chi connectivity index (χ1n) is 6.48. The zero-order valence-electron chi connectivity index (χ0n) is 11.9. The Morgan fingerprint density at radius 1 is 1.22 bits per heavy atom. The second-order valence-electron chi connectivity index (χ2n) is 4.68. The molecule has 0 atom stereocenters. The van der Waals surface area contributed by atoms with Crippen LogP contribution in [0.25, 0.3) is 11.4 Å². The normalized spacial score (nSPS) is 11.6. The molecule has 0 fully saturated rings. The standard InChI is InChI=1S/C14H11FN4O3S/c1-18-13(6-7-16-18)23(21,22)19-8-10(9-20)17-14(19)11-4-2-3-5-12(11)15/h2-9H,1H3. The molecule has 0 aliphatic carbocycles. The molecule has 0 aliphatic heterocycles. The highest BCUT2D eigenvalue weighted by Crippen LogP contribution is 2.25. The predicted molar refractivity (Wildman–Crippen MR) is 78.8 cm³/mol. The number of benzene rings is 1. The van der Waals surface area contributed by atoms with Crippen LogP contribution in [0.4, 0.5) is 4.39 Å². The molecule has 2 heterocycles. The van der Waals surface area contributed by atoms with E-state index >= 15 is 0 Å². The topological polar surface area (TPSA) is 86.9 Å². The summed E-state index contributed by atoms with van der Waals surface area (Å²) in [5, 5.41) is 3.71. The lowest BCUT2D eigenvalue weighted by Crippen LogP contribution is -2.17. The number of aryl methyl sites for hydroxylation is 1. The SMILES string of the molecule is Cn1nccc1S(=O)(=O)n1cc(C=O)nc1-c1ccccc1F. The Morgan fingerprint density at radius 3 is 2.57 bits per heavy atom. The zero-order chi connectivity index (χ0) is 16.6. The van der Waals surface area contributed by atoms with Crippen molar-refractivity contribution in [2.24, 2.45) is 7.05 Å². The van der Waals surface area contributed by atoms with Gasteiger partial charge in [-0.15, -0.1) is 0 Å². The van der Waals surface area contributed by atoms with E-state index in [1.54, 1.807) is 6.07 Å². The van der Waals surface area contributed by atoms with Gasteiger partial charge in [0.1, 0.15) is 11.5 Å². The highest BCUT2D eigenvalue weighted by molar-refractivity contribution is 7.90. The monoisotopic (exact) mass is 334 g/mol. The molecule has 0 N–H and O–H groups in total. The molecule has 0 bridgehead atoms. The van der Waals surface area contributed by atoms with E-state index in [4.69, 9.17) is 0 Å². The minimum atomic E-state index is -4.08. The number of hydrogen-bond acceptors (Lipinski definition) is 5. The fourth-order valence-corrected chi connectivity index (χ4v) is 3.59. The summed E-state index contributed by atoms with van der Waals surface area (Å²) in [7, 11) is -2.62. The zero-order valence-corrected chi connectivity index (χ0v) is 12.7. The molecule has 0 aliphatic rings. The summed E-state index contributed by atoms with van der Waals surface area (Å²) in [6.07, 6.45) is 2.78. The molecule has 0 amide bonds. The number of aromatic nitrogens is 4. The number of carbonyl (C=O) groups is 1. The van der Waals surface area contributed by atoms with Crippen LogP contribution in [-0.4, -0.2) is 33.4 Å².